The van der Waals surface area contributed by atoms with E-state index >= 15 is 0 Å². The smallest absolute Gasteiger partial charge is 0.193 e. The average Bonchev–Trinajstić information content (AvgIpc) is 3.20. The fraction of sp³-hybridized carbons (Fsp3) is 0.444. The molecule has 1 unspecified atom stereocenters. The van der Waals surface area contributed by atoms with Gasteiger partial charge in [0.25, 0.3) is 0 Å². The first-order chi connectivity index (χ1) is 11.6. The Morgan fingerprint density at radius 1 is 1.44 bits per heavy atom. The Morgan fingerprint density at radius 2 is 2.24 bits per heavy atom. The zero-order valence-electron chi connectivity index (χ0n) is 14.9. The standard InChI is InChI=1S/C18H24FN5.HI/c1-13-8-14(4-5-17(13)19)9-21-18(20-2)24-7-6-15(12-24)16-10-22-23(3)11-16;/h4-5,8,10-11,15H,6-7,9,12H2,1-3H3,(H,20,21);1H. The van der Waals surface area contributed by atoms with Crippen LogP contribution in [0.2, 0.25) is 0 Å². The summed E-state index contributed by atoms with van der Waals surface area (Å²) in [6, 6.07) is 5.20. The number of benzene rings is 1. The maximum Gasteiger partial charge on any atom is 0.193 e. The van der Waals surface area contributed by atoms with Crippen molar-refractivity contribution in [1.82, 2.24) is 20.0 Å². The lowest BCUT2D eigenvalue weighted by Crippen LogP contribution is -2.39. The third-order valence-electron chi connectivity index (χ3n) is 4.57. The van der Waals surface area contributed by atoms with E-state index in [0.717, 1.165) is 31.0 Å². The van der Waals surface area contributed by atoms with Gasteiger partial charge in [0.2, 0.25) is 0 Å². The Morgan fingerprint density at radius 3 is 2.88 bits per heavy atom. The minimum absolute atomic E-state index is 0. The van der Waals surface area contributed by atoms with Gasteiger partial charge >= 0.3 is 0 Å². The first-order valence-electron chi connectivity index (χ1n) is 8.26. The largest absolute Gasteiger partial charge is 0.352 e. The molecule has 7 heteroatoms. The van der Waals surface area contributed by atoms with Gasteiger partial charge in [-0.1, -0.05) is 12.1 Å². The van der Waals surface area contributed by atoms with Crippen LogP contribution >= 0.6 is 24.0 Å². The molecule has 5 nitrogen and oxygen atoms in total. The van der Waals surface area contributed by atoms with Gasteiger partial charge in [-0.05, 0) is 36.1 Å². The molecule has 0 radical (unpaired) electrons. The normalized spacial score (nSPS) is 17.5. The van der Waals surface area contributed by atoms with Gasteiger partial charge in [-0.3, -0.25) is 9.67 Å². The number of aryl methyl sites for hydroxylation is 2. The van der Waals surface area contributed by atoms with E-state index in [9.17, 15) is 4.39 Å². The Hall–Kier alpha value is -1.64. The van der Waals surface area contributed by atoms with Crippen molar-refractivity contribution in [1.29, 1.82) is 0 Å². The molecule has 2 aromatic rings. The van der Waals surface area contributed by atoms with E-state index < -0.39 is 0 Å². The molecule has 0 amide bonds. The Labute approximate surface area is 165 Å². The number of hydrogen-bond donors (Lipinski definition) is 1. The van der Waals surface area contributed by atoms with Crippen molar-refractivity contribution in [2.45, 2.75) is 25.8 Å². The molecule has 0 bridgehead atoms. The summed E-state index contributed by atoms with van der Waals surface area (Å²) in [5, 5.41) is 7.65. The van der Waals surface area contributed by atoms with Crippen molar-refractivity contribution in [3.05, 3.63) is 53.1 Å². The van der Waals surface area contributed by atoms with Gasteiger partial charge in [-0.2, -0.15) is 5.10 Å². The predicted molar refractivity (Wildman–Crippen MR) is 109 cm³/mol. The molecule has 136 valence electrons. The molecule has 3 rings (SSSR count). The van der Waals surface area contributed by atoms with E-state index in [1.165, 1.54) is 11.6 Å². The van der Waals surface area contributed by atoms with Crippen molar-refractivity contribution in [2.75, 3.05) is 20.1 Å². The molecule has 1 fully saturated rings. The molecule has 0 saturated carbocycles. The third-order valence-corrected chi connectivity index (χ3v) is 4.57. The highest BCUT2D eigenvalue weighted by Crippen LogP contribution is 2.26. The number of aliphatic imine (C=N–C) groups is 1. The fourth-order valence-corrected chi connectivity index (χ4v) is 3.21. The predicted octanol–water partition coefficient (Wildman–Crippen LogP) is 3.05. The van der Waals surface area contributed by atoms with E-state index in [1.54, 1.807) is 14.0 Å². The van der Waals surface area contributed by atoms with E-state index in [2.05, 4.69) is 26.5 Å². The van der Waals surface area contributed by atoms with E-state index in [4.69, 9.17) is 0 Å². The summed E-state index contributed by atoms with van der Waals surface area (Å²) >= 11 is 0. The second-order valence-corrected chi connectivity index (χ2v) is 6.36. The minimum atomic E-state index is -0.165. The number of halogens is 2. The zero-order chi connectivity index (χ0) is 17.1. The Balaban J connectivity index is 0.00000225. The molecule has 0 spiro atoms. The van der Waals surface area contributed by atoms with E-state index in [0.29, 0.717) is 18.0 Å². The van der Waals surface area contributed by atoms with E-state index in [-0.39, 0.29) is 29.8 Å². The summed E-state index contributed by atoms with van der Waals surface area (Å²) in [5.41, 5.74) is 3.00. The van der Waals surface area contributed by atoms with Crippen LogP contribution < -0.4 is 5.32 Å². The van der Waals surface area contributed by atoms with Crippen LogP contribution in [-0.2, 0) is 13.6 Å². The lowest BCUT2D eigenvalue weighted by Gasteiger charge is -2.21. The zero-order valence-corrected chi connectivity index (χ0v) is 17.2. The molecule has 1 aliphatic heterocycles. The highest BCUT2D eigenvalue weighted by Gasteiger charge is 2.26. The van der Waals surface area contributed by atoms with Crippen LogP contribution in [0, 0.1) is 12.7 Å². The number of rotatable bonds is 3. The van der Waals surface area contributed by atoms with Gasteiger partial charge in [0.05, 0.1) is 6.20 Å². The number of aromatic nitrogens is 2. The highest BCUT2D eigenvalue weighted by molar-refractivity contribution is 14.0. The summed E-state index contributed by atoms with van der Waals surface area (Å²) in [7, 11) is 3.75. The van der Waals surface area contributed by atoms with Gasteiger partial charge in [0.15, 0.2) is 5.96 Å². The summed E-state index contributed by atoms with van der Waals surface area (Å²) in [4.78, 5) is 6.67. The molecular weight excluding hydrogens is 432 g/mol. The molecule has 2 heterocycles. The molecule has 1 N–H and O–H groups in total. The molecule has 1 saturated heterocycles. The molecule has 1 atom stereocenters. The first-order valence-corrected chi connectivity index (χ1v) is 8.26. The van der Waals surface area contributed by atoms with Crippen LogP contribution in [0.3, 0.4) is 0 Å². The van der Waals surface area contributed by atoms with Gasteiger partial charge in [-0.25, -0.2) is 4.39 Å². The number of nitrogens with zero attached hydrogens (tertiary/aromatic N) is 4. The van der Waals surface area contributed by atoms with Crippen LogP contribution in [0.5, 0.6) is 0 Å². The fourth-order valence-electron chi connectivity index (χ4n) is 3.21. The second kappa shape index (κ2) is 8.64. The lowest BCUT2D eigenvalue weighted by atomic mass is 10.0. The van der Waals surface area contributed by atoms with Crippen molar-refractivity contribution >= 4 is 29.9 Å². The van der Waals surface area contributed by atoms with Gasteiger partial charge in [0.1, 0.15) is 5.82 Å². The quantitative estimate of drug-likeness (QED) is 0.438. The van der Waals surface area contributed by atoms with Crippen molar-refractivity contribution < 1.29 is 4.39 Å². The summed E-state index contributed by atoms with van der Waals surface area (Å²) in [5.74, 6) is 1.22. The van der Waals surface area contributed by atoms with Gasteiger partial charge in [-0.15, -0.1) is 24.0 Å². The lowest BCUT2D eigenvalue weighted by molar-refractivity contribution is 0.485. The Bertz CT molecular complexity index is 743. The SMILES string of the molecule is CN=C(NCc1ccc(F)c(C)c1)N1CCC(c2cnn(C)c2)C1.I. The molecule has 1 aliphatic rings. The molecule has 1 aromatic carbocycles. The third kappa shape index (κ3) is 4.71. The number of likely N-dealkylation sites (tertiary alicyclic amines) is 1. The van der Waals surface area contributed by atoms with Crippen molar-refractivity contribution in [3.63, 3.8) is 0 Å². The molecule has 1 aromatic heterocycles. The topological polar surface area (TPSA) is 45.5 Å². The number of hydrogen-bond acceptors (Lipinski definition) is 2. The van der Waals surface area contributed by atoms with Gasteiger partial charge in [0, 0.05) is 45.8 Å². The first kappa shape index (κ1) is 19.7. The summed E-state index contributed by atoms with van der Waals surface area (Å²) < 4.78 is 15.2. The van der Waals surface area contributed by atoms with Crippen LogP contribution in [0.25, 0.3) is 0 Å². The number of guanidine groups is 1. The van der Waals surface area contributed by atoms with Crippen molar-refractivity contribution in [3.8, 4) is 0 Å². The van der Waals surface area contributed by atoms with Crippen molar-refractivity contribution in [2.24, 2.45) is 12.0 Å². The maximum absolute atomic E-state index is 13.4. The summed E-state index contributed by atoms with van der Waals surface area (Å²) in [6.45, 7) is 4.34. The average molecular weight is 457 g/mol. The second-order valence-electron chi connectivity index (χ2n) is 6.36. The molecular formula is C18H25FIN5. The van der Waals surface area contributed by atoms with Crippen LogP contribution in [-0.4, -0.2) is 40.8 Å². The van der Waals surface area contributed by atoms with Crippen LogP contribution in [0.1, 0.15) is 29.0 Å². The van der Waals surface area contributed by atoms with Crippen LogP contribution in [0.4, 0.5) is 4.39 Å². The number of nitrogens with one attached hydrogen (secondary N) is 1. The molecule has 0 aliphatic carbocycles. The Kier molecular flexibility index (Phi) is 6.80. The minimum Gasteiger partial charge on any atom is -0.352 e. The summed E-state index contributed by atoms with van der Waals surface area (Å²) in [6.07, 6.45) is 5.14. The van der Waals surface area contributed by atoms with E-state index in [1.807, 2.05) is 30.1 Å². The monoisotopic (exact) mass is 457 g/mol. The highest BCUT2D eigenvalue weighted by atomic mass is 127. The molecule has 25 heavy (non-hydrogen) atoms. The van der Waals surface area contributed by atoms with Crippen LogP contribution in [0.15, 0.2) is 35.6 Å². The maximum atomic E-state index is 13.4. The van der Waals surface area contributed by atoms with Gasteiger partial charge < -0.3 is 10.2 Å².